The predicted molar refractivity (Wildman–Crippen MR) is 79.0 cm³/mol. The summed E-state index contributed by atoms with van der Waals surface area (Å²) in [7, 11) is 0. The Morgan fingerprint density at radius 1 is 1.35 bits per heavy atom. The molecule has 0 aromatic carbocycles. The Morgan fingerprint density at radius 3 is 2.65 bits per heavy atom. The largest absolute Gasteiger partial charge is 0.351 e. The quantitative estimate of drug-likeness (QED) is 0.904. The van der Waals surface area contributed by atoms with Crippen LogP contribution in [0.15, 0.2) is 0 Å². The van der Waals surface area contributed by atoms with E-state index >= 15 is 0 Å². The Morgan fingerprint density at radius 2 is 2.05 bits per heavy atom. The minimum atomic E-state index is -0.0964. The van der Waals surface area contributed by atoms with Crippen LogP contribution in [-0.4, -0.2) is 33.4 Å². The number of hydrogen-bond donors (Lipinski definition) is 1. The molecule has 6 nitrogen and oxygen atoms in total. The first kappa shape index (κ1) is 15.0. The Labute approximate surface area is 124 Å². The van der Waals surface area contributed by atoms with E-state index in [9.17, 15) is 4.79 Å². The van der Waals surface area contributed by atoms with Gasteiger partial charge in [0.2, 0.25) is 23.1 Å². The molecular formula is C13H20ClN5O. The summed E-state index contributed by atoms with van der Waals surface area (Å²) in [5, 5.41) is 3.38. The molecule has 0 aliphatic heterocycles. The minimum Gasteiger partial charge on any atom is -0.351 e. The summed E-state index contributed by atoms with van der Waals surface area (Å²) in [6, 6.07) is 0.387. The van der Waals surface area contributed by atoms with Crippen LogP contribution in [0.1, 0.15) is 46.0 Å². The van der Waals surface area contributed by atoms with Crippen molar-refractivity contribution in [3.8, 4) is 0 Å². The first-order valence-corrected chi connectivity index (χ1v) is 7.44. The Hall–Kier alpha value is -1.43. The molecule has 0 atom stereocenters. The first-order chi connectivity index (χ1) is 9.60. The molecule has 1 aliphatic carbocycles. The second-order valence-electron chi connectivity index (χ2n) is 5.02. The molecule has 2 rings (SSSR count). The van der Waals surface area contributed by atoms with E-state index in [0.717, 1.165) is 19.3 Å². The minimum absolute atomic E-state index is 0.0964. The van der Waals surface area contributed by atoms with Gasteiger partial charge in [0.25, 0.3) is 0 Å². The molecule has 110 valence electrons. The highest BCUT2D eigenvalue weighted by molar-refractivity contribution is 6.28. The zero-order valence-corrected chi connectivity index (χ0v) is 12.7. The molecule has 1 aromatic heterocycles. The molecule has 7 heteroatoms. The number of carbonyl (C=O) groups excluding carboxylic acids is 1. The van der Waals surface area contributed by atoms with Gasteiger partial charge in [-0.05, 0) is 30.9 Å². The van der Waals surface area contributed by atoms with E-state index in [2.05, 4.69) is 20.3 Å². The van der Waals surface area contributed by atoms with Crippen molar-refractivity contribution in [2.75, 3.05) is 16.8 Å². The molecule has 1 heterocycles. The molecule has 0 unspecified atom stereocenters. The molecule has 1 fully saturated rings. The molecular weight excluding hydrogens is 278 g/mol. The molecule has 1 saturated carbocycles. The van der Waals surface area contributed by atoms with Crippen LogP contribution in [0.2, 0.25) is 5.28 Å². The summed E-state index contributed by atoms with van der Waals surface area (Å²) in [6.07, 6.45) is 5.50. The average molecular weight is 298 g/mol. The number of aromatic nitrogens is 3. The fraction of sp³-hybridized carbons (Fsp3) is 0.692. The van der Waals surface area contributed by atoms with Gasteiger partial charge in [0.05, 0.1) is 0 Å². The second kappa shape index (κ2) is 6.83. The molecule has 0 radical (unpaired) electrons. The van der Waals surface area contributed by atoms with Gasteiger partial charge in [0.15, 0.2) is 0 Å². The number of nitrogens with one attached hydrogen (secondary N) is 1. The lowest BCUT2D eigenvalue weighted by Crippen LogP contribution is -2.31. The lowest BCUT2D eigenvalue weighted by atomic mass is 10.3. The fourth-order valence-corrected chi connectivity index (χ4v) is 2.56. The molecule has 0 bridgehead atoms. The van der Waals surface area contributed by atoms with E-state index in [4.69, 9.17) is 11.6 Å². The van der Waals surface area contributed by atoms with Crippen LogP contribution in [0.3, 0.4) is 0 Å². The zero-order valence-electron chi connectivity index (χ0n) is 11.9. The summed E-state index contributed by atoms with van der Waals surface area (Å²) < 4.78 is 0. The maximum Gasteiger partial charge on any atom is 0.238 e. The molecule has 0 saturated heterocycles. The standard InChI is InChI=1S/C13H20ClN5O/c1-3-8-19(9(2)20)13-17-11(14)16-12(18-13)15-10-6-4-5-7-10/h10H,3-8H2,1-2H3,(H,15,16,17,18). The van der Waals surface area contributed by atoms with Crippen molar-refractivity contribution in [1.82, 2.24) is 15.0 Å². The van der Waals surface area contributed by atoms with Gasteiger partial charge >= 0.3 is 0 Å². The third-order valence-corrected chi connectivity index (χ3v) is 3.52. The number of nitrogens with zero attached hydrogens (tertiary/aromatic N) is 4. The van der Waals surface area contributed by atoms with Crippen LogP contribution >= 0.6 is 11.6 Å². The lowest BCUT2D eigenvalue weighted by molar-refractivity contribution is -0.116. The lowest BCUT2D eigenvalue weighted by Gasteiger charge is -2.19. The van der Waals surface area contributed by atoms with E-state index < -0.39 is 0 Å². The van der Waals surface area contributed by atoms with Crippen molar-refractivity contribution in [3.05, 3.63) is 5.28 Å². The summed E-state index contributed by atoms with van der Waals surface area (Å²) in [4.78, 5) is 25.7. The van der Waals surface area contributed by atoms with Crippen LogP contribution in [0.25, 0.3) is 0 Å². The van der Waals surface area contributed by atoms with Crippen molar-refractivity contribution in [1.29, 1.82) is 0 Å². The third-order valence-electron chi connectivity index (χ3n) is 3.35. The van der Waals surface area contributed by atoms with E-state index in [1.54, 1.807) is 0 Å². The fourth-order valence-electron chi connectivity index (χ4n) is 2.40. The van der Waals surface area contributed by atoms with Gasteiger partial charge in [-0.2, -0.15) is 15.0 Å². The Bertz CT molecular complexity index is 476. The van der Waals surface area contributed by atoms with Crippen LogP contribution in [0.5, 0.6) is 0 Å². The van der Waals surface area contributed by atoms with E-state index in [1.165, 1.54) is 24.7 Å². The average Bonchev–Trinajstić information content (AvgIpc) is 2.87. The number of rotatable bonds is 5. The zero-order chi connectivity index (χ0) is 14.5. The van der Waals surface area contributed by atoms with Crippen molar-refractivity contribution < 1.29 is 4.79 Å². The van der Waals surface area contributed by atoms with Crippen LogP contribution < -0.4 is 10.2 Å². The topological polar surface area (TPSA) is 71.0 Å². The molecule has 0 spiro atoms. The third kappa shape index (κ3) is 3.79. The summed E-state index contributed by atoms with van der Waals surface area (Å²) in [6.45, 7) is 4.06. The van der Waals surface area contributed by atoms with Crippen LogP contribution in [-0.2, 0) is 4.79 Å². The SMILES string of the molecule is CCCN(C(C)=O)c1nc(Cl)nc(NC2CCCC2)n1. The molecule has 20 heavy (non-hydrogen) atoms. The van der Waals surface area contributed by atoms with Gasteiger partial charge in [-0.25, -0.2) is 0 Å². The van der Waals surface area contributed by atoms with Crippen molar-refractivity contribution in [3.63, 3.8) is 0 Å². The van der Waals surface area contributed by atoms with E-state index in [1.807, 2.05) is 6.92 Å². The maximum atomic E-state index is 11.7. The Kier molecular flexibility index (Phi) is 5.11. The van der Waals surface area contributed by atoms with Gasteiger partial charge in [-0.1, -0.05) is 19.8 Å². The summed E-state index contributed by atoms with van der Waals surface area (Å²) in [5.41, 5.74) is 0. The maximum absolute atomic E-state index is 11.7. The predicted octanol–water partition coefficient (Wildman–Crippen LogP) is 2.64. The van der Waals surface area contributed by atoms with Crippen LogP contribution in [0.4, 0.5) is 11.9 Å². The molecule has 1 amide bonds. The van der Waals surface area contributed by atoms with Crippen molar-refractivity contribution >= 4 is 29.4 Å². The molecule has 1 N–H and O–H groups in total. The molecule has 1 aromatic rings. The van der Waals surface area contributed by atoms with Crippen LogP contribution in [0, 0.1) is 0 Å². The van der Waals surface area contributed by atoms with E-state index in [-0.39, 0.29) is 11.2 Å². The number of anilines is 2. The van der Waals surface area contributed by atoms with Crippen molar-refractivity contribution in [2.24, 2.45) is 0 Å². The highest BCUT2D eigenvalue weighted by Gasteiger charge is 2.19. The highest BCUT2D eigenvalue weighted by Crippen LogP contribution is 2.22. The van der Waals surface area contributed by atoms with Gasteiger partial charge in [0, 0.05) is 19.5 Å². The second-order valence-corrected chi connectivity index (χ2v) is 5.36. The number of amides is 1. The summed E-state index contributed by atoms with van der Waals surface area (Å²) >= 11 is 5.94. The van der Waals surface area contributed by atoms with Gasteiger partial charge < -0.3 is 5.32 Å². The van der Waals surface area contributed by atoms with Crippen molar-refractivity contribution in [2.45, 2.75) is 52.0 Å². The smallest absolute Gasteiger partial charge is 0.238 e. The molecule has 1 aliphatic rings. The summed E-state index contributed by atoms with van der Waals surface area (Å²) in [5.74, 6) is 0.676. The normalized spacial score (nSPS) is 15.3. The Balaban J connectivity index is 2.19. The first-order valence-electron chi connectivity index (χ1n) is 7.06. The number of carbonyl (C=O) groups is 1. The monoisotopic (exact) mass is 297 g/mol. The number of hydrogen-bond acceptors (Lipinski definition) is 5. The van der Waals surface area contributed by atoms with Gasteiger partial charge in [-0.3, -0.25) is 9.69 Å². The van der Waals surface area contributed by atoms with Gasteiger partial charge in [0.1, 0.15) is 0 Å². The highest BCUT2D eigenvalue weighted by atomic mass is 35.5. The van der Waals surface area contributed by atoms with Gasteiger partial charge in [-0.15, -0.1) is 0 Å². The number of halogens is 1. The van der Waals surface area contributed by atoms with E-state index in [0.29, 0.717) is 24.5 Å².